The molecule has 102 valence electrons. The van der Waals surface area contributed by atoms with E-state index in [9.17, 15) is 4.79 Å². The molecule has 2 N–H and O–H groups in total. The van der Waals surface area contributed by atoms with E-state index in [4.69, 9.17) is 0 Å². The van der Waals surface area contributed by atoms with Crippen LogP contribution in [0.15, 0.2) is 65.6 Å². The Bertz CT molecular complexity index is 985. The maximum atomic E-state index is 12.1. The molecule has 0 atom stereocenters. The minimum atomic E-state index is -0.134. The SMILES string of the molecule is O=c1[nH]c2ccccc2c2nn(Nc3ccccc3)cc12. The van der Waals surface area contributed by atoms with Crippen molar-refractivity contribution in [3.05, 3.63) is 71.1 Å². The van der Waals surface area contributed by atoms with Gasteiger partial charge in [-0.25, -0.2) is 0 Å². The lowest BCUT2D eigenvalue weighted by atomic mass is 10.2. The molecule has 0 fully saturated rings. The van der Waals surface area contributed by atoms with Gasteiger partial charge in [0.2, 0.25) is 0 Å². The number of nitrogens with zero attached hydrogens (tertiary/aromatic N) is 2. The summed E-state index contributed by atoms with van der Waals surface area (Å²) in [7, 11) is 0. The lowest BCUT2D eigenvalue weighted by molar-refractivity contribution is 0.817. The van der Waals surface area contributed by atoms with E-state index in [2.05, 4.69) is 15.5 Å². The van der Waals surface area contributed by atoms with Crippen LogP contribution in [0.1, 0.15) is 0 Å². The molecule has 0 amide bonds. The maximum Gasteiger partial charge on any atom is 0.259 e. The fourth-order valence-electron chi connectivity index (χ4n) is 2.43. The summed E-state index contributed by atoms with van der Waals surface area (Å²) in [4.78, 5) is 16.6. The summed E-state index contributed by atoms with van der Waals surface area (Å²) < 4.78 is 0. The van der Waals surface area contributed by atoms with Crippen molar-refractivity contribution in [3.63, 3.8) is 0 Å². The molecule has 5 heteroatoms. The molecule has 4 aromatic rings. The van der Waals surface area contributed by atoms with E-state index in [-0.39, 0.29) is 5.56 Å². The van der Waals surface area contributed by atoms with E-state index in [0.717, 1.165) is 16.6 Å². The molecule has 0 saturated carbocycles. The Morgan fingerprint density at radius 3 is 2.57 bits per heavy atom. The largest absolute Gasteiger partial charge is 0.321 e. The fourth-order valence-corrected chi connectivity index (χ4v) is 2.43. The van der Waals surface area contributed by atoms with Crippen LogP contribution in [-0.2, 0) is 0 Å². The molecule has 0 bridgehead atoms. The van der Waals surface area contributed by atoms with Crippen molar-refractivity contribution in [2.45, 2.75) is 0 Å². The third kappa shape index (κ3) is 1.95. The highest BCUT2D eigenvalue weighted by Gasteiger charge is 2.09. The van der Waals surface area contributed by atoms with E-state index in [1.165, 1.54) is 0 Å². The number of para-hydroxylation sites is 2. The zero-order chi connectivity index (χ0) is 14.2. The van der Waals surface area contributed by atoms with Gasteiger partial charge in [-0.15, -0.1) is 0 Å². The van der Waals surface area contributed by atoms with Crippen LogP contribution in [0.3, 0.4) is 0 Å². The van der Waals surface area contributed by atoms with Gasteiger partial charge in [-0.3, -0.25) is 10.2 Å². The van der Waals surface area contributed by atoms with Crippen LogP contribution in [0.5, 0.6) is 0 Å². The van der Waals surface area contributed by atoms with Crippen LogP contribution in [0.25, 0.3) is 21.8 Å². The van der Waals surface area contributed by atoms with Crippen LogP contribution >= 0.6 is 0 Å². The molecule has 5 nitrogen and oxygen atoms in total. The van der Waals surface area contributed by atoms with Gasteiger partial charge in [0.15, 0.2) is 0 Å². The molecule has 0 radical (unpaired) electrons. The Hall–Kier alpha value is -3.08. The lowest BCUT2D eigenvalue weighted by Gasteiger charge is -2.04. The Morgan fingerprint density at radius 1 is 0.952 bits per heavy atom. The highest BCUT2D eigenvalue weighted by molar-refractivity contribution is 6.02. The molecule has 0 aliphatic carbocycles. The van der Waals surface area contributed by atoms with Crippen molar-refractivity contribution in [1.29, 1.82) is 0 Å². The fraction of sp³-hybridized carbons (Fsp3) is 0. The van der Waals surface area contributed by atoms with Gasteiger partial charge in [0.25, 0.3) is 5.56 Å². The quantitative estimate of drug-likeness (QED) is 0.591. The minimum Gasteiger partial charge on any atom is -0.321 e. The molecule has 0 aliphatic rings. The maximum absolute atomic E-state index is 12.1. The molecule has 21 heavy (non-hydrogen) atoms. The first kappa shape index (κ1) is 11.7. The van der Waals surface area contributed by atoms with Crippen LogP contribution in [0, 0.1) is 0 Å². The van der Waals surface area contributed by atoms with Gasteiger partial charge < -0.3 is 4.98 Å². The number of rotatable bonds is 2. The molecule has 2 aromatic carbocycles. The Morgan fingerprint density at radius 2 is 1.71 bits per heavy atom. The zero-order valence-corrected chi connectivity index (χ0v) is 11.1. The monoisotopic (exact) mass is 276 g/mol. The average Bonchev–Trinajstić information content (AvgIpc) is 2.93. The zero-order valence-electron chi connectivity index (χ0n) is 11.1. The summed E-state index contributed by atoms with van der Waals surface area (Å²) in [6.45, 7) is 0. The number of anilines is 1. The Kier molecular flexibility index (Phi) is 2.50. The molecule has 4 rings (SSSR count). The molecular weight excluding hydrogens is 264 g/mol. The van der Waals surface area contributed by atoms with E-state index in [0.29, 0.717) is 10.9 Å². The first-order chi connectivity index (χ1) is 10.3. The number of nitrogens with one attached hydrogen (secondary N) is 2. The van der Waals surface area contributed by atoms with Gasteiger partial charge in [-0.2, -0.15) is 9.89 Å². The number of benzene rings is 2. The van der Waals surface area contributed by atoms with Crippen molar-refractivity contribution < 1.29 is 0 Å². The van der Waals surface area contributed by atoms with Gasteiger partial charge in [0.1, 0.15) is 5.52 Å². The van der Waals surface area contributed by atoms with Gasteiger partial charge in [-0.1, -0.05) is 36.4 Å². The highest BCUT2D eigenvalue weighted by Crippen LogP contribution is 2.19. The second kappa shape index (κ2) is 4.49. The summed E-state index contributed by atoms with van der Waals surface area (Å²) in [6.07, 6.45) is 1.70. The molecule has 0 spiro atoms. The van der Waals surface area contributed by atoms with Crippen molar-refractivity contribution in [2.24, 2.45) is 0 Å². The van der Waals surface area contributed by atoms with Crippen molar-refractivity contribution >= 4 is 27.5 Å². The van der Waals surface area contributed by atoms with Gasteiger partial charge >= 0.3 is 0 Å². The second-order valence-corrected chi connectivity index (χ2v) is 4.81. The standard InChI is InChI=1S/C16H12N4O/c21-16-13-10-20(18-11-6-2-1-3-7-11)19-15(13)12-8-4-5-9-14(12)17-16/h1-10,18H,(H,17,21). The van der Waals surface area contributed by atoms with Crippen LogP contribution in [0.2, 0.25) is 0 Å². The van der Waals surface area contributed by atoms with Crippen molar-refractivity contribution in [2.75, 3.05) is 5.43 Å². The summed E-state index contributed by atoms with van der Waals surface area (Å²) >= 11 is 0. The smallest absolute Gasteiger partial charge is 0.259 e. The van der Waals surface area contributed by atoms with Crippen LogP contribution in [0.4, 0.5) is 5.69 Å². The summed E-state index contributed by atoms with van der Waals surface area (Å²) in [5.74, 6) is 0. The molecule has 2 aromatic heterocycles. The normalized spacial score (nSPS) is 11.0. The number of H-pyrrole nitrogens is 1. The molecular formula is C16H12N4O. The number of pyridine rings is 1. The van der Waals surface area contributed by atoms with Crippen LogP contribution < -0.4 is 11.0 Å². The Balaban J connectivity index is 1.91. The highest BCUT2D eigenvalue weighted by atomic mass is 16.1. The summed E-state index contributed by atoms with van der Waals surface area (Å²) in [5.41, 5.74) is 5.40. The first-order valence-electron chi connectivity index (χ1n) is 6.64. The Labute approximate surface area is 119 Å². The number of aromatic nitrogens is 3. The third-order valence-electron chi connectivity index (χ3n) is 3.41. The first-order valence-corrected chi connectivity index (χ1v) is 6.64. The van der Waals surface area contributed by atoms with Crippen molar-refractivity contribution in [3.8, 4) is 0 Å². The molecule has 0 unspecified atom stereocenters. The predicted molar refractivity (Wildman–Crippen MR) is 83.3 cm³/mol. The number of hydrogen-bond donors (Lipinski definition) is 2. The molecule has 0 aliphatic heterocycles. The minimum absolute atomic E-state index is 0.134. The molecule has 0 saturated heterocycles. The number of fused-ring (bicyclic) bond motifs is 3. The molecule has 2 heterocycles. The topological polar surface area (TPSA) is 62.7 Å². The van der Waals surface area contributed by atoms with Gasteiger partial charge in [0, 0.05) is 5.39 Å². The van der Waals surface area contributed by atoms with Gasteiger partial charge in [0.05, 0.1) is 22.8 Å². The third-order valence-corrected chi connectivity index (χ3v) is 3.41. The second-order valence-electron chi connectivity index (χ2n) is 4.81. The van der Waals surface area contributed by atoms with E-state index in [1.807, 2.05) is 54.6 Å². The van der Waals surface area contributed by atoms with Crippen LogP contribution in [-0.4, -0.2) is 14.9 Å². The number of hydrogen-bond acceptors (Lipinski definition) is 3. The summed E-state index contributed by atoms with van der Waals surface area (Å²) in [5, 5.41) is 5.98. The van der Waals surface area contributed by atoms with E-state index in [1.54, 1.807) is 11.0 Å². The van der Waals surface area contributed by atoms with E-state index < -0.39 is 0 Å². The van der Waals surface area contributed by atoms with E-state index >= 15 is 0 Å². The van der Waals surface area contributed by atoms with Crippen molar-refractivity contribution in [1.82, 2.24) is 14.9 Å². The predicted octanol–water partition coefficient (Wildman–Crippen LogP) is 2.75. The lowest BCUT2D eigenvalue weighted by Crippen LogP contribution is -2.09. The average molecular weight is 276 g/mol. The summed E-state index contributed by atoms with van der Waals surface area (Å²) in [6, 6.07) is 17.4. The van der Waals surface area contributed by atoms with Gasteiger partial charge in [-0.05, 0) is 18.2 Å². The number of aromatic amines is 1.